The van der Waals surface area contributed by atoms with Gasteiger partial charge in [0.15, 0.2) is 23.3 Å². The molecule has 1 nitrogen and oxygen atoms in total. The summed E-state index contributed by atoms with van der Waals surface area (Å²) in [6.45, 7) is 3.73. The van der Waals surface area contributed by atoms with Crippen molar-refractivity contribution in [3.05, 3.63) is 41.0 Å². The molecule has 0 unspecified atom stereocenters. The van der Waals surface area contributed by atoms with Gasteiger partial charge in [0, 0.05) is 18.7 Å². The molecule has 1 aliphatic heterocycles. The zero-order valence-electron chi connectivity index (χ0n) is 12.9. The molecule has 0 atom stereocenters. The van der Waals surface area contributed by atoms with Crippen molar-refractivity contribution in [2.24, 2.45) is 0 Å². The van der Waals surface area contributed by atoms with Crippen molar-refractivity contribution < 1.29 is 17.6 Å². The van der Waals surface area contributed by atoms with Crippen LogP contribution in [-0.2, 0) is 0 Å². The molecule has 0 saturated heterocycles. The number of benzene rings is 1. The Bertz CT molecular complexity index is 537. The van der Waals surface area contributed by atoms with Crippen molar-refractivity contribution in [2.75, 3.05) is 18.0 Å². The standard InChI is InChI=1S/C17H21F4N/c1-11(2)12-13(18)15(20)17(16(21)14(12)19)22-9-7-5-3-4-6-8-10-22/h3,5,11H,4,6-10H2,1-2H3/b5-3-. The molecule has 1 aromatic rings. The van der Waals surface area contributed by atoms with Gasteiger partial charge in [-0.2, -0.15) is 0 Å². The van der Waals surface area contributed by atoms with Gasteiger partial charge in [-0.25, -0.2) is 17.6 Å². The lowest BCUT2D eigenvalue weighted by atomic mass is 10.00. The number of allylic oxidation sites excluding steroid dienone is 1. The van der Waals surface area contributed by atoms with Crippen LogP contribution in [-0.4, -0.2) is 13.1 Å². The minimum Gasteiger partial charge on any atom is -0.366 e. The van der Waals surface area contributed by atoms with Gasteiger partial charge >= 0.3 is 0 Å². The van der Waals surface area contributed by atoms with Crippen LogP contribution in [0, 0.1) is 23.3 Å². The predicted molar refractivity (Wildman–Crippen MR) is 80.2 cm³/mol. The van der Waals surface area contributed by atoms with E-state index in [0.29, 0.717) is 19.5 Å². The van der Waals surface area contributed by atoms with Crippen LogP contribution in [0.15, 0.2) is 12.2 Å². The minimum absolute atomic E-state index is 0.338. The highest BCUT2D eigenvalue weighted by atomic mass is 19.2. The van der Waals surface area contributed by atoms with Crippen molar-refractivity contribution in [1.82, 2.24) is 0 Å². The van der Waals surface area contributed by atoms with E-state index >= 15 is 0 Å². The number of anilines is 1. The van der Waals surface area contributed by atoms with Crippen molar-refractivity contribution >= 4 is 5.69 Å². The Kier molecular flexibility index (Phi) is 5.48. The molecule has 5 heteroatoms. The number of halogens is 4. The van der Waals surface area contributed by atoms with E-state index in [0.717, 1.165) is 19.3 Å². The lowest BCUT2D eigenvalue weighted by Crippen LogP contribution is -2.28. The molecule has 0 saturated carbocycles. The predicted octanol–water partition coefficient (Wildman–Crippen LogP) is 5.30. The molecule has 1 aromatic carbocycles. The normalized spacial score (nSPS) is 18.0. The molecule has 0 spiro atoms. The molecule has 2 rings (SSSR count). The molecular formula is C17H21F4N. The van der Waals surface area contributed by atoms with Crippen molar-refractivity contribution in [1.29, 1.82) is 0 Å². The second-order valence-electron chi connectivity index (χ2n) is 5.92. The first kappa shape index (κ1) is 16.8. The Morgan fingerprint density at radius 3 is 2.00 bits per heavy atom. The molecule has 1 heterocycles. The largest absolute Gasteiger partial charge is 0.366 e. The summed E-state index contributed by atoms with van der Waals surface area (Å²) < 4.78 is 57.0. The first-order valence-corrected chi connectivity index (χ1v) is 7.71. The molecule has 0 aliphatic carbocycles. The lowest BCUT2D eigenvalue weighted by molar-refractivity contribution is 0.430. The third-order valence-corrected chi connectivity index (χ3v) is 3.95. The molecule has 0 aromatic heterocycles. The summed E-state index contributed by atoms with van der Waals surface area (Å²) in [5, 5.41) is 0. The van der Waals surface area contributed by atoms with Gasteiger partial charge in [0.2, 0.25) is 0 Å². The van der Waals surface area contributed by atoms with Crippen LogP contribution in [0.4, 0.5) is 23.2 Å². The van der Waals surface area contributed by atoms with Gasteiger partial charge in [-0.3, -0.25) is 0 Å². The van der Waals surface area contributed by atoms with Gasteiger partial charge in [-0.1, -0.05) is 26.0 Å². The summed E-state index contributed by atoms with van der Waals surface area (Å²) in [4.78, 5) is 1.41. The van der Waals surface area contributed by atoms with Crippen LogP contribution in [0.3, 0.4) is 0 Å². The van der Waals surface area contributed by atoms with E-state index in [-0.39, 0.29) is 0 Å². The van der Waals surface area contributed by atoms with E-state index in [9.17, 15) is 17.6 Å². The van der Waals surface area contributed by atoms with E-state index in [4.69, 9.17) is 0 Å². The molecule has 22 heavy (non-hydrogen) atoms. The quantitative estimate of drug-likeness (QED) is 0.406. The topological polar surface area (TPSA) is 3.24 Å². The smallest absolute Gasteiger partial charge is 0.185 e. The van der Waals surface area contributed by atoms with Crippen LogP contribution < -0.4 is 4.90 Å². The third kappa shape index (κ3) is 3.28. The van der Waals surface area contributed by atoms with Gasteiger partial charge in [0.05, 0.1) is 0 Å². The van der Waals surface area contributed by atoms with Gasteiger partial charge in [-0.15, -0.1) is 0 Å². The average molecular weight is 315 g/mol. The SMILES string of the molecule is CC(C)c1c(F)c(F)c(N2CC/C=C\CCCC2)c(F)c1F. The maximum Gasteiger partial charge on any atom is 0.185 e. The summed E-state index contributed by atoms with van der Waals surface area (Å²) >= 11 is 0. The van der Waals surface area contributed by atoms with Crippen molar-refractivity contribution in [3.63, 3.8) is 0 Å². The fourth-order valence-corrected chi connectivity index (χ4v) is 2.79. The van der Waals surface area contributed by atoms with Crippen LogP contribution in [0.25, 0.3) is 0 Å². The highest BCUT2D eigenvalue weighted by Gasteiger charge is 2.29. The van der Waals surface area contributed by atoms with E-state index in [1.165, 1.54) is 18.7 Å². The van der Waals surface area contributed by atoms with E-state index < -0.39 is 40.4 Å². The maximum atomic E-state index is 14.3. The Balaban J connectivity index is 2.47. The zero-order valence-corrected chi connectivity index (χ0v) is 12.9. The molecule has 0 N–H and O–H groups in total. The molecular weight excluding hydrogens is 294 g/mol. The van der Waals surface area contributed by atoms with Crippen LogP contribution >= 0.6 is 0 Å². The first-order valence-electron chi connectivity index (χ1n) is 7.71. The Morgan fingerprint density at radius 2 is 1.41 bits per heavy atom. The van der Waals surface area contributed by atoms with Gasteiger partial charge in [0.1, 0.15) is 5.69 Å². The average Bonchev–Trinajstić information content (AvgIpc) is 2.59. The van der Waals surface area contributed by atoms with Crippen molar-refractivity contribution in [2.45, 2.75) is 45.4 Å². The molecule has 0 fully saturated rings. The van der Waals surface area contributed by atoms with E-state index in [1.807, 2.05) is 12.2 Å². The Hall–Kier alpha value is -1.52. The monoisotopic (exact) mass is 315 g/mol. The van der Waals surface area contributed by atoms with Gasteiger partial charge < -0.3 is 4.90 Å². The van der Waals surface area contributed by atoms with Crippen molar-refractivity contribution in [3.8, 4) is 0 Å². The summed E-state index contributed by atoms with van der Waals surface area (Å²) in [6.07, 6.45) is 7.06. The molecule has 122 valence electrons. The van der Waals surface area contributed by atoms with E-state index in [2.05, 4.69) is 0 Å². The molecule has 1 aliphatic rings. The Morgan fingerprint density at radius 1 is 0.818 bits per heavy atom. The van der Waals surface area contributed by atoms with E-state index in [1.54, 1.807) is 0 Å². The molecule has 0 bridgehead atoms. The number of nitrogens with zero attached hydrogens (tertiary/aromatic N) is 1. The Labute approximate surface area is 128 Å². The van der Waals surface area contributed by atoms with Crippen LogP contribution in [0.5, 0.6) is 0 Å². The van der Waals surface area contributed by atoms with Crippen LogP contribution in [0.1, 0.15) is 51.0 Å². The fourth-order valence-electron chi connectivity index (χ4n) is 2.79. The highest BCUT2D eigenvalue weighted by Crippen LogP contribution is 2.34. The number of hydrogen-bond acceptors (Lipinski definition) is 1. The molecule has 0 radical (unpaired) electrons. The third-order valence-electron chi connectivity index (χ3n) is 3.95. The van der Waals surface area contributed by atoms with Gasteiger partial charge in [-0.05, 0) is 31.6 Å². The summed E-state index contributed by atoms with van der Waals surface area (Å²) in [6, 6.07) is 0. The minimum atomic E-state index is -1.29. The second-order valence-corrected chi connectivity index (χ2v) is 5.92. The lowest BCUT2D eigenvalue weighted by Gasteiger charge is -2.26. The first-order chi connectivity index (χ1) is 10.4. The summed E-state index contributed by atoms with van der Waals surface area (Å²) in [5.41, 5.74) is -1.10. The summed E-state index contributed by atoms with van der Waals surface area (Å²) in [5.74, 6) is -5.76. The van der Waals surface area contributed by atoms with Crippen LogP contribution in [0.2, 0.25) is 0 Å². The second kappa shape index (κ2) is 7.16. The number of rotatable bonds is 2. The van der Waals surface area contributed by atoms with Gasteiger partial charge in [0.25, 0.3) is 0 Å². The zero-order chi connectivity index (χ0) is 16.3. The fraction of sp³-hybridized carbons (Fsp3) is 0.529. The maximum absolute atomic E-state index is 14.3. The number of hydrogen-bond donors (Lipinski definition) is 0. The molecule has 0 amide bonds. The highest BCUT2D eigenvalue weighted by molar-refractivity contribution is 5.52. The summed E-state index contributed by atoms with van der Waals surface area (Å²) in [7, 11) is 0.